The number of fused-ring (bicyclic) bond motifs is 1. The van der Waals surface area contributed by atoms with Gasteiger partial charge >= 0.3 is 0 Å². The lowest BCUT2D eigenvalue weighted by molar-refractivity contribution is 0.112. The Hall–Kier alpha value is -2.90. The number of imidazole rings is 1. The molecule has 0 spiro atoms. The molecule has 0 radical (unpaired) electrons. The van der Waals surface area contributed by atoms with Gasteiger partial charge in [0, 0.05) is 16.6 Å². The molecule has 1 heterocycles. The smallest absolute Gasteiger partial charge is 0.175 e. The van der Waals surface area contributed by atoms with Crippen LogP contribution in [-0.4, -0.2) is 22.9 Å². The molecule has 0 amide bonds. The first-order valence-corrected chi connectivity index (χ1v) is 10.1. The predicted octanol–water partition coefficient (Wildman–Crippen LogP) is 6.20. The second kappa shape index (κ2) is 8.45. The Morgan fingerprint density at radius 3 is 2.67 bits per heavy atom. The van der Waals surface area contributed by atoms with E-state index in [9.17, 15) is 4.79 Å². The molecule has 4 rings (SSSR count). The molecule has 0 aliphatic rings. The van der Waals surface area contributed by atoms with Crippen molar-refractivity contribution in [1.82, 2.24) is 9.55 Å². The highest BCUT2D eigenvalue weighted by Crippen LogP contribution is 2.34. The van der Waals surface area contributed by atoms with Crippen LogP contribution < -0.4 is 10.1 Å². The summed E-state index contributed by atoms with van der Waals surface area (Å²) in [6, 6.07) is 14.3. The number of nitrogens with zero attached hydrogens (tertiary/aromatic N) is 2. The van der Waals surface area contributed by atoms with Gasteiger partial charge in [0.05, 0.1) is 35.4 Å². The Labute approximate surface area is 185 Å². The highest BCUT2D eigenvalue weighted by atomic mass is 79.9. The number of anilines is 2. The van der Waals surface area contributed by atoms with Crippen LogP contribution >= 0.6 is 27.5 Å². The summed E-state index contributed by atoms with van der Waals surface area (Å²) >= 11 is 9.56. The first-order chi connectivity index (χ1) is 14.5. The van der Waals surface area contributed by atoms with E-state index >= 15 is 4.39 Å². The number of nitrogens with one attached hydrogen (secondary N) is 1. The number of ether oxygens (including phenoxy) is 1. The standard InChI is InChI=1S/C22H16BrClFN3O2/c1-30-16-5-2-13(3-6-16)10-28-12-26-22-19(28)8-14(11-29)21(20(22)25)27-18-7-4-15(23)9-17(18)24/h2-9,11-12,27H,10H2,1H3. The number of hydrogen-bond donors (Lipinski definition) is 1. The Balaban J connectivity index is 1.73. The number of benzene rings is 3. The first-order valence-electron chi connectivity index (χ1n) is 8.97. The molecule has 0 saturated heterocycles. The quantitative estimate of drug-likeness (QED) is 0.328. The lowest BCUT2D eigenvalue weighted by atomic mass is 10.1. The number of rotatable bonds is 6. The molecule has 0 aliphatic heterocycles. The molecule has 5 nitrogen and oxygen atoms in total. The van der Waals surface area contributed by atoms with E-state index in [1.165, 1.54) is 0 Å². The first kappa shape index (κ1) is 20.4. The van der Waals surface area contributed by atoms with Crippen molar-refractivity contribution < 1.29 is 13.9 Å². The topological polar surface area (TPSA) is 56.1 Å². The Morgan fingerprint density at radius 1 is 1.23 bits per heavy atom. The van der Waals surface area contributed by atoms with Gasteiger partial charge < -0.3 is 14.6 Å². The summed E-state index contributed by atoms with van der Waals surface area (Å²) in [5, 5.41) is 3.32. The molecule has 0 atom stereocenters. The third kappa shape index (κ3) is 3.91. The van der Waals surface area contributed by atoms with Gasteiger partial charge in [-0.1, -0.05) is 39.7 Å². The molecule has 1 N–H and O–H groups in total. The van der Waals surface area contributed by atoms with Crippen LogP contribution in [0.4, 0.5) is 15.8 Å². The summed E-state index contributed by atoms with van der Waals surface area (Å²) in [5.74, 6) is 0.146. The number of aromatic nitrogens is 2. The van der Waals surface area contributed by atoms with E-state index in [0.717, 1.165) is 15.8 Å². The van der Waals surface area contributed by atoms with Crippen molar-refractivity contribution in [3.8, 4) is 5.75 Å². The minimum Gasteiger partial charge on any atom is -0.497 e. The summed E-state index contributed by atoms with van der Waals surface area (Å²) in [4.78, 5) is 16.0. The normalized spacial score (nSPS) is 10.9. The van der Waals surface area contributed by atoms with Crippen molar-refractivity contribution in [1.29, 1.82) is 0 Å². The molecule has 8 heteroatoms. The molecule has 3 aromatic carbocycles. The highest BCUT2D eigenvalue weighted by Gasteiger charge is 2.18. The summed E-state index contributed by atoms with van der Waals surface area (Å²) in [6.07, 6.45) is 2.17. The third-order valence-corrected chi connectivity index (χ3v) is 5.52. The van der Waals surface area contributed by atoms with Crippen molar-refractivity contribution in [2.75, 3.05) is 12.4 Å². The molecule has 0 fully saturated rings. The second-order valence-corrected chi connectivity index (χ2v) is 7.93. The molecule has 0 saturated carbocycles. The van der Waals surface area contributed by atoms with Crippen molar-refractivity contribution in [2.24, 2.45) is 0 Å². The van der Waals surface area contributed by atoms with Gasteiger partial charge in [-0.25, -0.2) is 9.37 Å². The molecular weight excluding hydrogens is 473 g/mol. The molecular formula is C22H16BrClFN3O2. The van der Waals surface area contributed by atoms with Gasteiger partial charge in [-0.05, 0) is 42.0 Å². The average Bonchev–Trinajstić information content (AvgIpc) is 3.14. The Kier molecular flexibility index (Phi) is 5.74. The highest BCUT2D eigenvalue weighted by molar-refractivity contribution is 9.10. The van der Waals surface area contributed by atoms with Crippen LogP contribution in [0.1, 0.15) is 15.9 Å². The van der Waals surface area contributed by atoms with E-state index in [0.29, 0.717) is 29.1 Å². The number of halogens is 3. The molecule has 30 heavy (non-hydrogen) atoms. The Bertz CT molecular complexity index is 1240. The molecule has 1 aromatic heterocycles. The third-order valence-electron chi connectivity index (χ3n) is 4.72. The summed E-state index contributed by atoms with van der Waals surface area (Å²) in [5.41, 5.74) is 2.39. The van der Waals surface area contributed by atoms with E-state index in [1.54, 1.807) is 42.3 Å². The minimum absolute atomic E-state index is 0.0384. The fraction of sp³-hybridized carbons (Fsp3) is 0.0909. The maximum atomic E-state index is 15.3. The molecule has 152 valence electrons. The van der Waals surface area contributed by atoms with E-state index < -0.39 is 5.82 Å². The van der Waals surface area contributed by atoms with Crippen LogP contribution in [0.3, 0.4) is 0 Å². The van der Waals surface area contributed by atoms with Crippen LogP contribution in [0.2, 0.25) is 5.02 Å². The van der Waals surface area contributed by atoms with E-state index in [-0.39, 0.29) is 16.8 Å². The zero-order chi connectivity index (χ0) is 21.3. The molecule has 0 aliphatic carbocycles. The lowest BCUT2D eigenvalue weighted by Crippen LogP contribution is -2.03. The van der Waals surface area contributed by atoms with Gasteiger partial charge in [-0.2, -0.15) is 0 Å². The predicted molar refractivity (Wildman–Crippen MR) is 120 cm³/mol. The fourth-order valence-corrected chi connectivity index (χ4v) is 3.90. The van der Waals surface area contributed by atoms with Gasteiger partial charge in [0.25, 0.3) is 0 Å². The van der Waals surface area contributed by atoms with Gasteiger partial charge in [0.2, 0.25) is 0 Å². The van der Waals surface area contributed by atoms with Gasteiger partial charge in [0.1, 0.15) is 11.3 Å². The summed E-state index contributed by atoms with van der Waals surface area (Å²) in [7, 11) is 1.61. The monoisotopic (exact) mass is 487 g/mol. The van der Waals surface area contributed by atoms with Crippen LogP contribution in [0, 0.1) is 5.82 Å². The molecule has 0 bridgehead atoms. The largest absolute Gasteiger partial charge is 0.497 e. The minimum atomic E-state index is -0.609. The van der Waals surface area contributed by atoms with Gasteiger partial charge in [0.15, 0.2) is 12.1 Å². The molecule has 0 unspecified atom stereocenters. The van der Waals surface area contributed by atoms with Crippen LogP contribution in [0.5, 0.6) is 5.75 Å². The number of hydrogen-bond acceptors (Lipinski definition) is 4. The number of carbonyl (C=O) groups excluding carboxylic acids is 1. The van der Waals surface area contributed by atoms with E-state index in [2.05, 4.69) is 26.2 Å². The molecule has 4 aromatic rings. The average molecular weight is 489 g/mol. The summed E-state index contributed by atoms with van der Waals surface area (Å²) < 4.78 is 23.1. The SMILES string of the molecule is COc1ccc(Cn2cnc3c(F)c(Nc4ccc(Br)cc4Cl)c(C=O)cc32)cc1. The van der Waals surface area contributed by atoms with Gasteiger partial charge in [-0.3, -0.25) is 4.79 Å². The van der Waals surface area contributed by atoms with Crippen molar-refractivity contribution in [2.45, 2.75) is 6.54 Å². The van der Waals surface area contributed by atoms with Crippen molar-refractivity contribution in [3.63, 3.8) is 0 Å². The van der Waals surface area contributed by atoms with Crippen molar-refractivity contribution in [3.05, 3.63) is 81.3 Å². The lowest BCUT2D eigenvalue weighted by Gasteiger charge is -2.13. The number of carbonyl (C=O) groups is 1. The fourth-order valence-electron chi connectivity index (χ4n) is 3.18. The maximum Gasteiger partial charge on any atom is 0.175 e. The van der Waals surface area contributed by atoms with Gasteiger partial charge in [-0.15, -0.1) is 0 Å². The van der Waals surface area contributed by atoms with Crippen LogP contribution in [0.25, 0.3) is 11.0 Å². The maximum absolute atomic E-state index is 15.3. The second-order valence-electron chi connectivity index (χ2n) is 6.61. The van der Waals surface area contributed by atoms with E-state index in [4.69, 9.17) is 16.3 Å². The van der Waals surface area contributed by atoms with Crippen LogP contribution in [-0.2, 0) is 6.54 Å². The zero-order valence-corrected chi connectivity index (χ0v) is 18.2. The van der Waals surface area contributed by atoms with Crippen LogP contribution in [0.15, 0.2) is 59.3 Å². The number of aldehydes is 1. The number of methoxy groups -OCH3 is 1. The van der Waals surface area contributed by atoms with Crippen molar-refractivity contribution >= 4 is 56.2 Å². The van der Waals surface area contributed by atoms with E-state index in [1.807, 2.05) is 24.3 Å². The Morgan fingerprint density at radius 2 is 2.00 bits per heavy atom. The summed E-state index contributed by atoms with van der Waals surface area (Å²) in [6.45, 7) is 0.476. The zero-order valence-electron chi connectivity index (χ0n) is 15.8.